The normalized spacial score (nSPS) is 17.5. The van der Waals surface area contributed by atoms with Gasteiger partial charge in [-0.1, -0.05) is 37.0 Å². The fraction of sp³-hybridized carbons (Fsp3) is 0.588. The van der Waals surface area contributed by atoms with Crippen molar-refractivity contribution in [2.45, 2.75) is 52.1 Å². The Morgan fingerprint density at radius 1 is 1.25 bits per heavy atom. The van der Waals surface area contributed by atoms with Crippen molar-refractivity contribution in [3.05, 3.63) is 29.8 Å². The average molecular weight is 275 g/mol. The molecule has 1 N–H and O–H groups in total. The molecule has 1 saturated carbocycles. The minimum atomic E-state index is -0.443. The molecule has 1 aliphatic carbocycles. The van der Waals surface area contributed by atoms with E-state index in [4.69, 9.17) is 4.74 Å². The molecule has 0 saturated heterocycles. The van der Waals surface area contributed by atoms with Crippen molar-refractivity contribution in [2.24, 2.45) is 5.92 Å². The summed E-state index contributed by atoms with van der Waals surface area (Å²) < 4.78 is 5.66. The van der Waals surface area contributed by atoms with Gasteiger partial charge in [0, 0.05) is 6.54 Å². The largest absolute Gasteiger partial charge is 0.481 e. The van der Waals surface area contributed by atoms with Crippen LogP contribution in [0.1, 0.15) is 44.6 Å². The lowest BCUT2D eigenvalue weighted by molar-refractivity contribution is -0.127. The minimum Gasteiger partial charge on any atom is -0.481 e. The third-order valence-corrected chi connectivity index (χ3v) is 3.99. The van der Waals surface area contributed by atoms with Gasteiger partial charge in [-0.25, -0.2) is 0 Å². The zero-order chi connectivity index (χ0) is 14.4. The first kappa shape index (κ1) is 14.9. The highest BCUT2D eigenvalue weighted by atomic mass is 16.5. The first-order valence-electron chi connectivity index (χ1n) is 7.66. The molecule has 1 unspecified atom stereocenters. The molecule has 2 rings (SSSR count). The van der Waals surface area contributed by atoms with E-state index in [0.717, 1.165) is 12.3 Å². The summed E-state index contributed by atoms with van der Waals surface area (Å²) in [6.45, 7) is 4.63. The Labute approximate surface area is 121 Å². The molecule has 0 radical (unpaired) electrons. The zero-order valence-corrected chi connectivity index (χ0v) is 12.5. The first-order valence-corrected chi connectivity index (χ1v) is 7.66. The van der Waals surface area contributed by atoms with Crippen LogP contribution in [0.15, 0.2) is 24.3 Å². The molecule has 3 heteroatoms. The second-order valence-electron chi connectivity index (χ2n) is 5.82. The van der Waals surface area contributed by atoms with Gasteiger partial charge in [-0.15, -0.1) is 0 Å². The molecule has 0 aliphatic heterocycles. The number of benzene rings is 1. The summed E-state index contributed by atoms with van der Waals surface area (Å²) in [4.78, 5) is 12.0. The Kier molecular flexibility index (Phi) is 5.45. The van der Waals surface area contributed by atoms with Crippen molar-refractivity contribution >= 4 is 5.91 Å². The van der Waals surface area contributed by atoms with Crippen LogP contribution in [0.2, 0.25) is 0 Å². The molecule has 3 nitrogen and oxygen atoms in total. The first-order chi connectivity index (χ1) is 9.65. The number of carbonyl (C=O) groups excluding carboxylic acids is 1. The third-order valence-electron chi connectivity index (χ3n) is 3.99. The van der Waals surface area contributed by atoms with Crippen molar-refractivity contribution < 1.29 is 9.53 Å². The van der Waals surface area contributed by atoms with Crippen LogP contribution in [0, 0.1) is 12.8 Å². The van der Waals surface area contributed by atoms with E-state index < -0.39 is 6.10 Å². The van der Waals surface area contributed by atoms with E-state index in [1.54, 1.807) is 6.92 Å². The van der Waals surface area contributed by atoms with E-state index in [1.165, 1.54) is 37.7 Å². The lowest BCUT2D eigenvalue weighted by Crippen LogP contribution is -2.39. The molecule has 1 aromatic rings. The second kappa shape index (κ2) is 7.32. The van der Waals surface area contributed by atoms with Crippen LogP contribution in [-0.4, -0.2) is 18.6 Å². The summed E-state index contributed by atoms with van der Waals surface area (Å²) in [5, 5.41) is 3.02. The maximum atomic E-state index is 12.0. The fourth-order valence-electron chi connectivity index (χ4n) is 2.65. The number of hydrogen-bond acceptors (Lipinski definition) is 2. The van der Waals surface area contributed by atoms with Gasteiger partial charge in [-0.3, -0.25) is 4.79 Å². The van der Waals surface area contributed by atoms with E-state index in [-0.39, 0.29) is 5.91 Å². The molecule has 1 amide bonds. The summed E-state index contributed by atoms with van der Waals surface area (Å²) >= 11 is 0. The standard InChI is InChI=1S/C17H25NO2/c1-13-8-10-16(11-9-13)20-14(2)17(19)18-12-15-6-4-3-5-7-15/h8-11,14-15H,3-7,12H2,1-2H3,(H,18,19). The molecule has 1 atom stereocenters. The SMILES string of the molecule is Cc1ccc(OC(C)C(=O)NCC2CCCCC2)cc1. The van der Waals surface area contributed by atoms with E-state index in [1.807, 2.05) is 31.2 Å². The number of nitrogens with one attached hydrogen (secondary N) is 1. The quantitative estimate of drug-likeness (QED) is 0.893. The van der Waals surface area contributed by atoms with Crippen LogP contribution in [0.5, 0.6) is 5.75 Å². The number of hydrogen-bond donors (Lipinski definition) is 1. The predicted molar refractivity (Wildman–Crippen MR) is 80.9 cm³/mol. The molecule has 0 heterocycles. The zero-order valence-electron chi connectivity index (χ0n) is 12.5. The van der Waals surface area contributed by atoms with Crippen molar-refractivity contribution in [1.82, 2.24) is 5.32 Å². The lowest BCUT2D eigenvalue weighted by atomic mass is 9.89. The Bertz CT molecular complexity index is 421. The maximum Gasteiger partial charge on any atom is 0.260 e. The smallest absolute Gasteiger partial charge is 0.260 e. The molecule has 0 spiro atoms. The molecular formula is C17H25NO2. The second-order valence-corrected chi connectivity index (χ2v) is 5.82. The predicted octanol–water partition coefficient (Wildman–Crippen LogP) is 3.46. The minimum absolute atomic E-state index is 0.0175. The molecular weight excluding hydrogens is 250 g/mol. The summed E-state index contributed by atoms with van der Waals surface area (Å²) in [5.74, 6) is 1.38. The Hall–Kier alpha value is -1.51. The molecule has 1 fully saturated rings. The van der Waals surface area contributed by atoms with Gasteiger partial charge >= 0.3 is 0 Å². The van der Waals surface area contributed by atoms with Crippen molar-refractivity contribution in [1.29, 1.82) is 0 Å². The fourth-order valence-corrected chi connectivity index (χ4v) is 2.65. The van der Waals surface area contributed by atoms with Gasteiger partial charge in [0.05, 0.1) is 0 Å². The van der Waals surface area contributed by atoms with Crippen LogP contribution in [0.3, 0.4) is 0 Å². The van der Waals surface area contributed by atoms with Gasteiger partial charge in [0.15, 0.2) is 6.10 Å². The number of carbonyl (C=O) groups is 1. The van der Waals surface area contributed by atoms with Gasteiger partial charge in [-0.2, -0.15) is 0 Å². The molecule has 0 aromatic heterocycles. The van der Waals surface area contributed by atoms with E-state index in [9.17, 15) is 4.79 Å². The number of ether oxygens (including phenoxy) is 1. The van der Waals surface area contributed by atoms with E-state index >= 15 is 0 Å². The monoisotopic (exact) mass is 275 g/mol. The van der Waals surface area contributed by atoms with E-state index in [2.05, 4.69) is 5.32 Å². The molecule has 0 bridgehead atoms. The van der Waals surface area contributed by atoms with Crippen LogP contribution in [0.25, 0.3) is 0 Å². The van der Waals surface area contributed by atoms with Crippen LogP contribution >= 0.6 is 0 Å². The maximum absolute atomic E-state index is 12.0. The highest BCUT2D eigenvalue weighted by Gasteiger charge is 2.18. The highest BCUT2D eigenvalue weighted by Crippen LogP contribution is 2.22. The van der Waals surface area contributed by atoms with Gasteiger partial charge in [-0.05, 0) is 44.7 Å². The van der Waals surface area contributed by atoms with Gasteiger partial charge in [0.1, 0.15) is 5.75 Å². The van der Waals surface area contributed by atoms with Gasteiger partial charge in [0.25, 0.3) is 5.91 Å². The number of rotatable bonds is 5. The van der Waals surface area contributed by atoms with Crippen molar-refractivity contribution in [2.75, 3.05) is 6.54 Å². The summed E-state index contributed by atoms with van der Waals surface area (Å²) in [6, 6.07) is 7.78. The molecule has 110 valence electrons. The Balaban J connectivity index is 1.75. The highest BCUT2D eigenvalue weighted by molar-refractivity contribution is 5.80. The summed E-state index contributed by atoms with van der Waals surface area (Å²) in [6.07, 6.45) is 5.99. The van der Waals surface area contributed by atoms with Crippen molar-refractivity contribution in [3.8, 4) is 5.75 Å². The molecule has 1 aliphatic rings. The van der Waals surface area contributed by atoms with Crippen molar-refractivity contribution in [3.63, 3.8) is 0 Å². The van der Waals surface area contributed by atoms with Gasteiger partial charge in [0.2, 0.25) is 0 Å². The lowest BCUT2D eigenvalue weighted by Gasteiger charge is -2.23. The van der Waals surface area contributed by atoms with Crippen LogP contribution in [0.4, 0.5) is 0 Å². The Morgan fingerprint density at radius 3 is 2.55 bits per heavy atom. The van der Waals surface area contributed by atoms with Gasteiger partial charge < -0.3 is 10.1 Å². The topological polar surface area (TPSA) is 38.3 Å². The van der Waals surface area contributed by atoms with Crippen LogP contribution in [-0.2, 0) is 4.79 Å². The molecule has 1 aromatic carbocycles. The summed E-state index contributed by atoms with van der Waals surface area (Å²) in [7, 11) is 0. The number of aryl methyl sites for hydroxylation is 1. The van der Waals surface area contributed by atoms with E-state index in [0.29, 0.717) is 5.92 Å². The van der Waals surface area contributed by atoms with Crippen LogP contribution < -0.4 is 10.1 Å². The average Bonchev–Trinajstić information content (AvgIpc) is 2.48. The molecule has 20 heavy (non-hydrogen) atoms. The number of amides is 1. The summed E-state index contributed by atoms with van der Waals surface area (Å²) in [5.41, 5.74) is 1.19. The third kappa shape index (κ3) is 4.55. The Morgan fingerprint density at radius 2 is 1.90 bits per heavy atom.